The monoisotopic (exact) mass is 385 g/mol. The second-order valence-electron chi connectivity index (χ2n) is 7.98. The van der Waals surface area contributed by atoms with Crippen LogP contribution in [0.25, 0.3) is 0 Å². The van der Waals surface area contributed by atoms with E-state index in [0.717, 1.165) is 5.82 Å². The highest BCUT2D eigenvalue weighted by molar-refractivity contribution is 5.88. The highest BCUT2D eigenvalue weighted by Gasteiger charge is 2.36. The van der Waals surface area contributed by atoms with E-state index >= 15 is 0 Å². The lowest BCUT2D eigenvalue weighted by Gasteiger charge is -2.32. The summed E-state index contributed by atoms with van der Waals surface area (Å²) in [7, 11) is 4.31. The standard InChI is InChI=1S/C24H27N5/c1-16-19(28-17(2)26(4)20-10-6-8-12-22(20)28)14-15-25-24(16)29-18(3)27(5)21-11-7-9-13-23(21)29/h6-15,17-18H,1-5H3/t17-,18+/m0/s1. The molecule has 0 N–H and O–H groups in total. The van der Waals surface area contributed by atoms with E-state index in [0.29, 0.717) is 0 Å². The summed E-state index contributed by atoms with van der Waals surface area (Å²) in [6.45, 7) is 6.68. The molecule has 148 valence electrons. The largest absolute Gasteiger partial charge is 0.353 e. The summed E-state index contributed by atoms with van der Waals surface area (Å²) < 4.78 is 0. The number of pyridine rings is 1. The number of para-hydroxylation sites is 4. The Balaban J connectivity index is 1.64. The van der Waals surface area contributed by atoms with Crippen LogP contribution in [0.5, 0.6) is 0 Å². The van der Waals surface area contributed by atoms with Crippen LogP contribution in [0.2, 0.25) is 0 Å². The molecule has 0 saturated carbocycles. The molecule has 2 aliphatic heterocycles. The normalized spacial score (nSPS) is 20.3. The summed E-state index contributed by atoms with van der Waals surface area (Å²) in [5.74, 6) is 1.02. The van der Waals surface area contributed by atoms with Crippen LogP contribution in [-0.2, 0) is 0 Å². The zero-order valence-corrected chi connectivity index (χ0v) is 17.7. The molecule has 0 radical (unpaired) electrons. The van der Waals surface area contributed by atoms with Gasteiger partial charge in [-0.05, 0) is 51.1 Å². The molecule has 0 fully saturated rings. The Bertz CT molecular complexity index is 997. The summed E-state index contributed by atoms with van der Waals surface area (Å²) in [6.07, 6.45) is 2.39. The maximum Gasteiger partial charge on any atom is 0.139 e. The van der Waals surface area contributed by atoms with Gasteiger partial charge < -0.3 is 19.6 Å². The van der Waals surface area contributed by atoms with Crippen LogP contribution in [0.15, 0.2) is 60.8 Å². The second-order valence-corrected chi connectivity index (χ2v) is 7.98. The molecule has 1 aromatic heterocycles. The molecule has 0 bridgehead atoms. The highest BCUT2D eigenvalue weighted by Crippen LogP contribution is 2.48. The first kappa shape index (κ1) is 17.9. The lowest BCUT2D eigenvalue weighted by molar-refractivity contribution is 0.719. The molecular weight excluding hydrogens is 358 g/mol. The molecule has 2 aromatic carbocycles. The molecular formula is C24H27N5. The summed E-state index contributed by atoms with van der Waals surface area (Å²) in [5, 5.41) is 0. The van der Waals surface area contributed by atoms with Gasteiger partial charge in [-0.3, -0.25) is 0 Å². The lowest BCUT2D eigenvalue weighted by atomic mass is 10.1. The van der Waals surface area contributed by atoms with Crippen LogP contribution < -0.4 is 19.6 Å². The Labute approximate surface area is 172 Å². The third-order valence-electron chi connectivity index (χ3n) is 6.55. The third kappa shape index (κ3) is 2.43. The number of rotatable bonds is 2. The first-order valence-corrected chi connectivity index (χ1v) is 10.2. The van der Waals surface area contributed by atoms with Crippen LogP contribution in [0, 0.1) is 6.92 Å². The van der Waals surface area contributed by atoms with Crippen LogP contribution in [0.1, 0.15) is 19.4 Å². The van der Waals surface area contributed by atoms with Gasteiger partial charge in [-0.1, -0.05) is 24.3 Å². The van der Waals surface area contributed by atoms with Crippen LogP contribution in [0.4, 0.5) is 34.3 Å². The van der Waals surface area contributed by atoms with E-state index in [-0.39, 0.29) is 12.3 Å². The molecule has 2 aliphatic rings. The van der Waals surface area contributed by atoms with E-state index in [1.54, 1.807) is 0 Å². The predicted molar refractivity (Wildman–Crippen MR) is 122 cm³/mol. The minimum absolute atomic E-state index is 0.208. The van der Waals surface area contributed by atoms with Gasteiger partial charge in [0.2, 0.25) is 0 Å². The van der Waals surface area contributed by atoms with Crippen LogP contribution in [0.3, 0.4) is 0 Å². The highest BCUT2D eigenvalue weighted by atomic mass is 15.4. The molecule has 3 aromatic rings. The van der Waals surface area contributed by atoms with Crippen molar-refractivity contribution >= 4 is 34.3 Å². The van der Waals surface area contributed by atoms with Gasteiger partial charge in [-0.2, -0.15) is 0 Å². The van der Waals surface area contributed by atoms with E-state index in [4.69, 9.17) is 4.98 Å². The van der Waals surface area contributed by atoms with Crippen molar-refractivity contribution in [2.45, 2.75) is 33.1 Å². The number of anilines is 6. The van der Waals surface area contributed by atoms with Crippen molar-refractivity contribution < 1.29 is 0 Å². The van der Waals surface area contributed by atoms with Crippen molar-refractivity contribution in [2.24, 2.45) is 0 Å². The second kappa shape index (κ2) is 6.41. The molecule has 5 heteroatoms. The summed E-state index contributed by atoms with van der Waals surface area (Å²) in [5.41, 5.74) is 7.36. The van der Waals surface area contributed by atoms with Gasteiger partial charge in [-0.25, -0.2) is 4.98 Å². The zero-order valence-electron chi connectivity index (χ0n) is 17.7. The third-order valence-corrected chi connectivity index (χ3v) is 6.55. The average molecular weight is 386 g/mol. The summed E-state index contributed by atoms with van der Waals surface area (Å²) in [6, 6.07) is 19.3. The molecule has 3 heterocycles. The first-order valence-electron chi connectivity index (χ1n) is 10.2. The lowest BCUT2D eigenvalue weighted by Crippen LogP contribution is -2.38. The van der Waals surface area contributed by atoms with Gasteiger partial charge in [-0.15, -0.1) is 0 Å². The quantitative estimate of drug-likeness (QED) is 0.600. The van der Waals surface area contributed by atoms with E-state index in [9.17, 15) is 0 Å². The van der Waals surface area contributed by atoms with E-state index < -0.39 is 0 Å². The van der Waals surface area contributed by atoms with E-state index in [2.05, 4.69) is 109 Å². The summed E-state index contributed by atoms with van der Waals surface area (Å²) in [4.78, 5) is 14.2. The Morgan fingerprint density at radius 2 is 1.14 bits per heavy atom. The van der Waals surface area contributed by atoms with Crippen LogP contribution >= 0.6 is 0 Å². The number of nitrogens with zero attached hydrogens (tertiary/aromatic N) is 5. The number of hydrogen-bond donors (Lipinski definition) is 0. The molecule has 0 spiro atoms. The minimum atomic E-state index is 0.208. The van der Waals surface area contributed by atoms with Gasteiger partial charge in [0.1, 0.15) is 18.1 Å². The van der Waals surface area contributed by atoms with Gasteiger partial charge in [0.25, 0.3) is 0 Å². The molecule has 0 aliphatic carbocycles. The SMILES string of the molecule is Cc1c(N2c3ccccc3N(C)[C@@H]2C)ccnc1N1c2ccccc2N(C)[C@H]1C. The Kier molecular flexibility index (Phi) is 3.95. The van der Waals surface area contributed by atoms with Crippen molar-refractivity contribution in [3.8, 4) is 0 Å². The van der Waals surface area contributed by atoms with Crippen molar-refractivity contribution in [2.75, 3.05) is 33.7 Å². The fourth-order valence-corrected chi connectivity index (χ4v) is 4.72. The summed E-state index contributed by atoms with van der Waals surface area (Å²) >= 11 is 0. The van der Waals surface area contributed by atoms with Gasteiger partial charge in [0.15, 0.2) is 0 Å². The smallest absolute Gasteiger partial charge is 0.139 e. The van der Waals surface area contributed by atoms with Crippen molar-refractivity contribution in [1.29, 1.82) is 0 Å². The molecule has 2 atom stereocenters. The molecule has 5 rings (SSSR count). The average Bonchev–Trinajstić information content (AvgIpc) is 3.14. The molecule has 0 unspecified atom stereocenters. The molecule has 29 heavy (non-hydrogen) atoms. The van der Waals surface area contributed by atoms with Gasteiger partial charge in [0, 0.05) is 25.9 Å². The Morgan fingerprint density at radius 1 is 0.655 bits per heavy atom. The van der Waals surface area contributed by atoms with Crippen molar-refractivity contribution in [3.05, 3.63) is 66.4 Å². The maximum absolute atomic E-state index is 4.84. The number of hydrogen-bond acceptors (Lipinski definition) is 5. The van der Waals surface area contributed by atoms with E-state index in [1.807, 2.05) is 6.20 Å². The van der Waals surface area contributed by atoms with Crippen molar-refractivity contribution in [3.63, 3.8) is 0 Å². The number of fused-ring (bicyclic) bond motifs is 2. The molecule has 0 amide bonds. The molecule has 5 nitrogen and oxygen atoms in total. The maximum atomic E-state index is 4.84. The zero-order chi connectivity index (χ0) is 20.3. The molecule has 0 saturated heterocycles. The Hall–Kier alpha value is -3.21. The number of benzene rings is 2. The fourth-order valence-electron chi connectivity index (χ4n) is 4.72. The minimum Gasteiger partial charge on any atom is -0.353 e. The topological polar surface area (TPSA) is 25.9 Å². The van der Waals surface area contributed by atoms with Crippen LogP contribution in [-0.4, -0.2) is 31.4 Å². The van der Waals surface area contributed by atoms with Crippen molar-refractivity contribution in [1.82, 2.24) is 4.98 Å². The van der Waals surface area contributed by atoms with Gasteiger partial charge in [0.05, 0.1) is 28.4 Å². The van der Waals surface area contributed by atoms with Gasteiger partial charge >= 0.3 is 0 Å². The Morgan fingerprint density at radius 3 is 1.72 bits per heavy atom. The fraction of sp³-hybridized carbons (Fsp3) is 0.292. The number of aromatic nitrogens is 1. The van der Waals surface area contributed by atoms with E-state index in [1.165, 1.54) is 34.0 Å². The predicted octanol–water partition coefficient (Wildman–Crippen LogP) is 5.26. The first-order chi connectivity index (χ1) is 14.0.